The molecule has 0 spiro atoms. The molecule has 2 amide bonds. The molecule has 0 saturated carbocycles. The number of amides is 2. The number of aromatic nitrogens is 1. The first kappa shape index (κ1) is 18.1. The van der Waals surface area contributed by atoms with Crippen LogP contribution in [0.15, 0.2) is 18.2 Å². The second kappa shape index (κ2) is 8.63. The Morgan fingerprint density at radius 1 is 1.19 bits per heavy atom. The minimum absolute atomic E-state index is 0.0636. The Labute approximate surface area is 156 Å². The third-order valence-electron chi connectivity index (χ3n) is 4.26. The van der Waals surface area contributed by atoms with E-state index in [9.17, 15) is 9.59 Å². The van der Waals surface area contributed by atoms with Gasteiger partial charge in [-0.05, 0) is 37.5 Å². The molecule has 8 heteroatoms. The van der Waals surface area contributed by atoms with Crippen LogP contribution in [0.5, 0.6) is 0 Å². The molecule has 1 aromatic carbocycles. The Kier molecular flexibility index (Phi) is 6.02. The molecule has 0 bridgehead atoms. The smallest absolute Gasteiger partial charge is 0.240 e. The molecule has 1 saturated heterocycles. The van der Waals surface area contributed by atoms with Crippen molar-refractivity contribution >= 4 is 39.1 Å². The Bertz CT molecular complexity index is 836. The summed E-state index contributed by atoms with van der Waals surface area (Å²) in [5, 5.41) is 14.0. The maximum atomic E-state index is 12.0. The number of hydrogen-bond donors (Lipinski definition) is 2. The normalized spacial score (nSPS) is 14.0. The molecule has 0 aliphatic carbocycles. The zero-order valence-electron chi connectivity index (χ0n) is 14.5. The lowest BCUT2D eigenvalue weighted by Crippen LogP contribution is -2.37. The molecule has 2 heterocycles. The SMILES string of the molecule is N#CCNC(=O)CNC(=O)Cc1nc2cc(N3CCCCC3)ccc2s1. The molecule has 2 N–H and O–H groups in total. The first-order valence-electron chi connectivity index (χ1n) is 8.70. The molecule has 7 nitrogen and oxygen atoms in total. The predicted octanol–water partition coefficient (Wildman–Crippen LogP) is 1.59. The van der Waals surface area contributed by atoms with Crippen molar-refractivity contribution < 1.29 is 9.59 Å². The van der Waals surface area contributed by atoms with Crippen LogP contribution in [0.3, 0.4) is 0 Å². The molecule has 0 radical (unpaired) electrons. The Morgan fingerprint density at radius 2 is 2.00 bits per heavy atom. The molecule has 3 rings (SSSR count). The number of anilines is 1. The Balaban J connectivity index is 1.59. The number of nitrogens with one attached hydrogen (secondary N) is 2. The van der Waals surface area contributed by atoms with Gasteiger partial charge in [-0.3, -0.25) is 9.59 Å². The Morgan fingerprint density at radius 3 is 2.77 bits per heavy atom. The third kappa shape index (κ3) is 4.70. The van der Waals surface area contributed by atoms with Crippen LogP contribution in [0, 0.1) is 11.3 Å². The van der Waals surface area contributed by atoms with E-state index in [-0.39, 0.29) is 31.3 Å². The third-order valence-corrected chi connectivity index (χ3v) is 5.30. The predicted molar refractivity (Wildman–Crippen MR) is 101 cm³/mol. The van der Waals surface area contributed by atoms with Crippen molar-refractivity contribution in [1.82, 2.24) is 15.6 Å². The van der Waals surface area contributed by atoms with Crippen LogP contribution in [0.1, 0.15) is 24.3 Å². The summed E-state index contributed by atoms with van der Waals surface area (Å²) in [6.45, 7) is 1.97. The van der Waals surface area contributed by atoms with Gasteiger partial charge in [0.2, 0.25) is 11.8 Å². The van der Waals surface area contributed by atoms with Crippen molar-refractivity contribution in [3.63, 3.8) is 0 Å². The van der Waals surface area contributed by atoms with Crippen LogP contribution in [0.4, 0.5) is 5.69 Å². The zero-order valence-corrected chi connectivity index (χ0v) is 15.3. The second-order valence-corrected chi connectivity index (χ2v) is 7.31. The highest BCUT2D eigenvalue weighted by Crippen LogP contribution is 2.28. The maximum absolute atomic E-state index is 12.0. The van der Waals surface area contributed by atoms with E-state index in [1.54, 1.807) is 0 Å². The second-order valence-electron chi connectivity index (χ2n) is 6.20. The zero-order chi connectivity index (χ0) is 18.4. The number of hydrogen-bond acceptors (Lipinski definition) is 6. The summed E-state index contributed by atoms with van der Waals surface area (Å²) >= 11 is 1.50. The number of nitrogens with zero attached hydrogens (tertiary/aromatic N) is 3. The lowest BCUT2D eigenvalue weighted by molar-refractivity contribution is -0.125. The van der Waals surface area contributed by atoms with Crippen LogP contribution in [0.2, 0.25) is 0 Å². The van der Waals surface area contributed by atoms with E-state index in [1.807, 2.05) is 6.07 Å². The number of benzene rings is 1. The standard InChI is InChI=1S/C18H21N5O2S/c19-6-7-20-17(25)12-21-16(24)11-18-22-14-10-13(4-5-15(14)26-18)23-8-2-1-3-9-23/h4-5,10H,1-3,7-9,11-12H2,(H,20,25)(H,21,24). The highest BCUT2D eigenvalue weighted by molar-refractivity contribution is 7.18. The fourth-order valence-corrected chi connectivity index (χ4v) is 3.91. The number of piperidine rings is 1. The molecular formula is C18H21N5O2S. The van der Waals surface area contributed by atoms with Crippen molar-refractivity contribution in [3.8, 4) is 6.07 Å². The highest BCUT2D eigenvalue weighted by atomic mass is 32.1. The molecule has 2 aromatic rings. The molecule has 26 heavy (non-hydrogen) atoms. The van der Waals surface area contributed by atoms with E-state index in [4.69, 9.17) is 5.26 Å². The number of fused-ring (bicyclic) bond motifs is 1. The average Bonchev–Trinajstić information content (AvgIpc) is 3.06. The first-order valence-corrected chi connectivity index (χ1v) is 9.52. The van der Waals surface area contributed by atoms with E-state index in [2.05, 4.69) is 38.7 Å². The number of nitriles is 1. The van der Waals surface area contributed by atoms with Crippen LogP contribution < -0.4 is 15.5 Å². The van der Waals surface area contributed by atoms with Crippen molar-refractivity contribution in [3.05, 3.63) is 23.2 Å². The number of carbonyl (C=O) groups excluding carboxylic acids is 2. The molecular weight excluding hydrogens is 350 g/mol. The summed E-state index contributed by atoms with van der Waals surface area (Å²) in [4.78, 5) is 30.3. The van der Waals surface area contributed by atoms with Crippen LogP contribution in [-0.2, 0) is 16.0 Å². The summed E-state index contributed by atoms with van der Waals surface area (Å²) < 4.78 is 1.06. The minimum atomic E-state index is -0.379. The molecule has 0 unspecified atom stereocenters. The minimum Gasteiger partial charge on any atom is -0.371 e. The van der Waals surface area contributed by atoms with E-state index < -0.39 is 0 Å². The van der Waals surface area contributed by atoms with Gasteiger partial charge in [-0.25, -0.2) is 4.98 Å². The largest absolute Gasteiger partial charge is 0.371 e. The van der Waals surface area contributed by atoms with E-state index in [0.29, 0.717) is 0 Å². The Hall–Kier alpha value is -2.66. The molecule has 1 aliphatic rings. The van der Waals surface area contributed by atoms with Crippen LogP contribution >= 0.6 is 11.3 Å². The van der Waals surface area contributed by atoms with Crippen molar-refractivity contribution in [2.45, 2.75) is 25.7 Å². The van der Waals surface area contributed by atoms with Crippen LogP contribution in [0.25, 0.3) is 10.2 Å². The molecule has 1 aliphatic heterocycles. The van der Waals surface area contributed by atoms with Gasteiger partial charge in [0, 0.05) is 18.8 Å². The number of thiazole rings is 1. The van der Waals surface area contributed by atoms with Gasteiger partial charge in [0.25, 0.3) is 0 Å². The van der Waals surface area contributed by atoms with Gasteiger partial charge in [-0.15, -0.1) is 11.3 Å². The molecule has 0 atom stereocenters. The van der Waals surface area contributed by atoms with Gasteiger partial charge < -0.3 is 15.5 Å². The summed E-state index contributed by atoms with van der Waals surface area (Å²) in [6, 6.07) is 8.09. The van der Waals surface area contributed by atoms with Gasteiger partial charge in [0.05, 0.1) is 29.3 Å². The van der Waals surface area contributed by atoms with Gasteiger partial charge >= 0.3 is 0 Å². The number of rotatable bonds is 6. The lowest BCUT2D eigenvalue weighted by Gasteiger charge is -2.28. The summed E-state index contributed by atoms with van der Waals surface area (Å²) in [5.74, 6) is -0.636. The van der Waals surface area contributed by atoms with Crippen LogP contribution in [-0.4, -0.2) is 43.0 Å². The quantitative estimate of drug-likeness (QED) is 0.752. The first-order chi connectivity index (χ1) is 12.7. The van der Waals surface area contributed by atoms with Gasteiger partial charge in [0.1, 0.15) is 11.6 Å². The number of carbonyl (C=O) groups is 2. The highest BCUT2D eigenvalue weighted by Gasteiger charge is 2.14. The molecule has 136 valence electrons. The van der Waals surface area contributed by atoms with Crippen molar-refractivity contribution in [1.29, 1.82) is 5.26 Å². The molecule has 1 aromatic heterocycles. The average molecular weight is 371 g/mol. The fraction of sp³-hybridized carbons (Fsp3) is 0.444. The lowest BCUT2D eigenvalue weighted by atomic mass is 10.1. The topological polar surface area (TPSA) is 98.1 Å². The fourth-order valence-electron chi connectivity index (χ4n) is 2.97. The van der Waals surface area contributed by atoms with Gasteiger partial charge in [-0.2, -0.15) is 5.26 Å². The van der Waals surface area contributed by atoms with E-state index in [1.165, 1.54) is 36.3 Å². The van der Waals surface area contributed by atoms with Gasteiger partial charge in [0.15, 0.2) is 0 Å². The van der Waals surface area contributed by atoms with Gasteiger partial charge in [-0.1, -0.05) is 0 Å². The monoisotopic (exact) mass is 371 g/mol. The molecule has 1 fully saturated rings. The summed E-state index contributed by atoms with van der Waals surface area (Å²) in [6.07, 6.45) is 3.89. The summed E-state index contributed by atoms with van der Waals surface area (Å²) in [5.41, 5.74) is 2.10. The van der Waals surface area contributed by atoms with E-state index in [0.717, 1.165) is 28.3 Å². The van der Waals surface area contributed by atoms with Crippen molar-refractivity contribution in [2.24, 2.45) is 0 Å². The van der Waals surface area contributed by atoms with Crippen molar-refractivity contribution in [2.75, 3.05) is 31.1 Å². The maximum Gasteiger partial charge on any atom is 0.240 e. The van der Waals surface area contributed by atoms with E-state index >= 15 is 0 Å². The summed E-state index contributed by atoms with van der Waals surface area (Å²) in [7, 11) is 0.